The van der Waals surface area contributed by atoms with Crippen LogP contribution in [0.3, 0.4) is 0 Å². The van der Waals surface area contributed by atoms with Crippen LogP contribution in [0.4, 0.5) is 5.69 Å². The standard InChI is InChI=1S/C25H21N5O2S/c1-3-15-29-23(32)19-12-6-7-14-21(19)30-24(29)27-28-25(30)33-16(2)22(31)26-20-13-8-10-17-9-4-5-11-18(17)20/h3-14,16H,1,15H2,2H3,(H,26,31). The number of carbonyl (C=O) groups excluding carboxylic acids is 1. The van der Waals surface area contributed by atoms with Gasteiger partial charge in [-0.15, -0.1) is 16.8 Å². The SMILES string of the molecule is C=CCn1c(=O)c2ccccc2n2c(SC(C)C(=O)Nc3cccc4ccccc34)nnc12. The van der Waals surface area contributed by atoms with Gasteiger partial charge in [0.15, 0.2) is 5.16 Å². The van der Waals surface area contributed by atoms with Gasteiger partial charge in [-0.2, -0.15) is 0 Å². The van der Waals surface area contributed by atoms with Crippen molar-refractivity contribution in [1.29, 1.82) is 0 Å². The number of benzene rings is 3. The molecule has 0 bridgehead atoms. The van der Waals surface area contributed by atoms with Gasteiger partial charge in [0.25, 0.3) is 5.56 Å². The monoisotopic (exact) mass is 455 g/mol. The number of hydrogen-bond donors (Lipinski definition) is 1. The van der Waals surface area contributed by atoms with Gasteiger partial charge in [0, 0.05) is 17.6 Å². The fraction of sp³-hybridized carbons (Fsp3) is 0.120. The minimum absolute atomic E-state index is 0.142. The van der Waals surface area contributed by atoms with Crippen molar-refractivity contribution in [2.24, 2.45) is 0 Å². The van der Waals surface area contributed by atoms with Gasteiger partial charge < -0.3 is 5.32 Å². The lowest BCUT2D eigenvalue weighted by molar-refractivity contribution is -0.115. The van der Waals surface area contributed by atoms with Crippen LogP contribution in [-0.4, -0.2) is 30.3 Å². The van der Waals surface area contributed by atoms with Crippen LogP contribution in [-0.2, 0) is 11.3 Å². The summed E-state index contributed by atoms with van der Waals surface area (Å²) in [6.07, 6.45) is 1.65. The number of carbonyl (C=O) groups is 1. The van der Waals surface area contributed by atoms with Gasteiger partial charge in [-0.25, -0.2) is 0 Å². The van der Waals surface area contributed by atoms with Crippen molar-refractivity contribution in [1.82, 2.24) is 19.2 Å². The largest absolute Gasteiger partial charge is 0.325 e. The van der Waals surface area contributed by atoms with Crippen molar-refractivity contribution in [3.63, 3.8) is 0 Å². The summed E-state index contributed by atoms with van der Waals surface area (Å²) in [6.45, 7) is 5.89. The Hall–Kier alpha value is -3.91. The molecule has 7 nitrogen and oxygen atoms in total. The summed E-state index contributed by atoms with van der Waals surface area (Å²) in [5, 5.41) is 14.3. The molecule has 5 aromatic rings. The maximum Gasteiger partial charge on any atom is 0.263 e. The van der Waals surface area contributed by atoms with Crippen LogP contribution in [0.5, 0.6) is 0 Å². The Morgan fingerprint density at radius 3 is 2.61 bits per heavy atom. The smallest absolute Gasteiger partial charge is 0.263 e. The van der Waals surface area contributed by atoms with Gasteiger partial charge in [0.05, 0.1) is 16.2 Å². The molecular weight excluding hydrogens is 434 g/mol. The van der Waals surface area contributed by atoms with Crippen LogP contribution in [0.2, 0.25) is 0 Å². The van der Waals surface area contributed by atoms with Crippen molar-refractivity contribution < 1.29 is 4.79 Å². The molecule has 0 spiro atoms. The van der Waals surface area contributed by atoms with E-state index in [1.165, 1.54) is 16.3 Å². The van der Waals surface area contributed by atoms with Crippen LogP contribution in [0.15, 0.2) is 89.3 Å². The molecule has 0 fully saturated rings. The molecule has 2 aromatic heterocycles. The number of thioether (sulfide) groups is 1. The fourth-order valence-corrected chi connectivity index (χ4v) is 4.74. The summed E-state index contributed by atoms with van der Waals surface area (Å²) in [4.78, 5) is 26.0. The molecule has 33 heavy (non-hydrogen) atoms. The Morgan fingerprint density at radius 2 is 1.79 bits per heavy atom. The zero-order valence-electron chi connectivity index (χ0n) is 17.9. The zero-order valence-corrected chi connectivity index (χ0v) is 18.7. The highest BCUT2D eigenvalue weighted by Gasteiger charge is 2.21. The lowest BCUT2D eigenvalue weighted by Gasteiger charge is -2.14. The van der Waals surface area contributed by atoms with E-state index in [4.69, 9.17) is 0 Å². The molecule has 164 valence electrons. The van der Waals surface area contributed by atoms with Crippen LogP contribution < -0.4 is 10.9 Å². The third-order valence-electron chi connectivity index (χ3n) is 5.49. The number of nitrogens with one attached hydrogen (secondary N) is 1. The quantitative estimate of drug-likeness (QED) is 0.301. The summed E-state index contributed by atoms with van der Waals surface area (Å²) in [7, 11) is 0. The number of nitrogens with zero attached hydrogens (tertiary/aromatic N) is 4. The van der Waals surface area contributed by atoms with E-state index in [1.54, 1.807) is 12.1 Å². The highest BCUT2D eigenvalue weighted by atomic mass is 32.2. The molecule has 0 aliphatic carbocycles. The number of rotatable bonds is 6. The molecule has 0 aliphatic heterocycles. The van der Waals surface area contributed by atoms with Gasteiger partial charge in [-0.3, -0.25) is 18.6 Å². The van der Waals surface area contributed by atoms with E-state index >= 15 is 0 Å². The summed E-state index contributed by atoms with van der Waals surface area (Å²) in [5.74, 6) is 0.277. The van der Waals surface area contributed by atoms with E-state index in [1.807, 2.05) is 72.0 Å². The number of fused-ring (bicyclic) bond motifs is 4. The minimum Gasteiger partial charge on any atom is -0.325 e. The zero-order chi connectivity index (χ0) is 22.9. The number of aromatic nitrogens is 4. The molecule has 0 aliphatic rings. The van der Waals surface area contributed by atoms with Gasteiger partial charge in [0.1, 0.15) is 0 Å². The first-order valence-electron chi connectivity index (χ1n) is 10.5. The molecule has 0 saturated heterocycles. The van der Waals surface area contributed by atoms with E-state index < -0.39 is 5.25 Å². The van der Waals surface area contributed by atoms with Crippen molar-refractivity contribution in [3.05, 3.63) is 89.7 Å². The lowest BCUT2D eigenvalue weighted by Crippen LogP contribution is -2.24. The van der Waals surface area contributed by atoms with E-state index in [9.17, 15) is 9.59 Å². The average Bonchev–Trinajstić information content (AvgIpc) is 3.25. The molecule has 1 N–H and O–H groups in total. The Bertz CT molecular complexity index is 1580. The predicted molar refractivity (Wildman–Crippen MR) is 133 cm³/mol. The molecule has 3 aromatic carbocycles. The summed E-state index contributed by atoms with van der Waals surface area (Å²) >= 11 is 1.30. The molecule has 0 saturated carbocycles. The normalized spacial score (nSPS) is 12.3. The number of amides is 1. The number of para-hydroxylation sites is 1. The summed E-state index contributed by atoms with van der Waals surface area (Å²) in [5.41, 5.74) is 1.32. The number of hydrogen-bond acceptors (Lipinski definition) is 5. The molecule has 5 rings (SSSR count). The Labute approximate surface area is 193 Å². The first-order valence-corrected chi connectivity index (χ1v) is 11.4. The first kappa shape index (κ1) is 21.0. The van der Waals surface area contributed by atoms with Crippen LogP contribution in [0.1, 0.15) is 6.92 Å². The molecule has 1 atom stereocenters. The fourth-order valence-electron chi connectivity index (χ4n) is 3.88. The Balaban J connectivity index is 1.51. The van der Waals surface area contributed by atoms with Gasteiger partial charge in [-0.1, -0.05) is 66.4 Å². The molecule has 2 heterocycles. The van der Waals surface area contributed by atoms with Crippen molar-refractivity contribution in [3.8, 4) is 0 Å². The van der Waals surface area contributed by atoms with E-state index in [-0.39, 0.29) is 11.5 Å². The highest BCUT2D eigenvalue weighted by molar-refractivity contribution is 8.00. The summed E-state index contributed by atoms with van der Waals surface area (Å²) < 4.78 is 3.36. The number of anilines is 1. The van der Waals surface area contributed by atoms with Crippen molar-refractivity contribution in [2.75, 3.05) is 5.32 Å². The Kier molecular flexibility index (Phi) is 5.43. The summed E-state index contributed by atoms with van der Waals surface area (Å²) in [6, 6.07) is 21.1. The predicted octanol–water partition coefficient (Wildman–Crippen LogP) is 4.50. The first-order chi connectivity index (χ1) is 16.1. The second-order valence-electron chi connectivity index (χ2n) is 7.62. The number of allylic oxidation sites excluding steroid dienone is 1. The lowest BCUT2D eigenvalue weighted by atomic mass is 10.1. The van der Waals surface area contributed by atoms with Crippen molar-refractivity contribution >= 4 is 50.8 Å². The topological polar surface area (TPSA) is 81.3 Å². The van der Waals surface area contributed by atoms with E-state index in [0.29, 0.717) is 28.4 Å². The molecule has 0 radical (unpaired) electrons. The van der Waals surface area contributed by atoms with Gasteiger partial charge in [0.2, 0.25) is 11.7 Å². The van der Waals surface area contributed by atoms with Crippen LogP contribution in [0, 0.1) is 0 Å². The minimum atomic E-state index is -0.449. The molecule has 1 unspecified atom stereocenters. The maximum atomic E-state index is 13.0. The highest BCUT2D eigenvalue weighted by Crippen LogP contribution is 2.28. The van der Waals surface area contributed by atoms with Gasteiger partial charge >= 0.3 is 0 Å². The molecule has 1 amide bonds. The van der Waals surface area contributed by atoms with E-state index in [2.05, 4.69) is 22.1 Å². The Morgan fingerprint density at radius 1 is 1.06 bits per heavy atom. The van der Waals surface area contributed by atoms with Crippen LogP contribution in [0.25, 0.3) is 27.5 Å². The molecular formula is C25H21N5O2S. The van der Waals surface area contributed by atoms with E-state index in [0.717, 1.165) is 16.5 Å². The van der Waals surface area contributed by atoms with Crippen molar-refractivity contribution in [2.45, 2.75) is 23.9 Å². The second kappa shape index (κ2) is 8.55. The van der Waals surface area contributed by atoms with Crippen LogP contribution >= 0.6 is 11.8 Å². The average molecular weight is 456 g/mol. The maximum absolute atomic E-state index is 13.0. The molecule has 8 heteroatoms. The van der Waals surface area contributed by atoms with Gasteiger partial charge in [-0.05, 0) is 30.5 Å². The third kappa shape index (κ3) is 3.68. The third-order valence-corrected chi connectivity index (χ3v) is 6.53. The second-order valence-corrected chi connectivity index (χ2v) is 8.92.